The van der Waals surface area contributed by atoms with Crippen molar-refractivity contribution in [3.8, 4) is 0 Å². The summed E-state index contributed by atoms with van der Waals surface area (Å²) in [6, 6.07) is 7.11. The lowest BCUT2D eigenvalue weighted by Gasteiger charge is -2.31. The summed E-state index contributed by atoms with van der Waals surface area (Å²) < 4.78 is 1.39. The molecule has 0 spiro atoms. The number of hydrogen-bond acceptors (Lipinski definition) is 4. The standard InChI is InChI=1S/C20H30N4O2.ClH/c1-13(2)10-20(5,12-21)22-18(25)17-15-8-6-7-9-16(15)19(26)24(23-17)11-14(3)4;/h6-9,13-14H,10-12,21H2,1-5H3,(H,22,25);1H. The quantitative estimate of drug-likeness (QED) is 0.755. The molecule has 0 radical (unpaired) electrons. The first-order chi connectivity index (χ1) is 12.2. The van der Waals surface area contributed by atoms with E-state index < -0.39 is 5.54 Å². The first-order valence-corrected chi connectivity index (χ1v) is 9.19. The summed E-state index contributed by atoms with van der Waals surface area (Å²) >= 11 is 0. The zero-order valence-corrected chi connectivity index (χ0v) is 17.6. The average molecular weight is 395 g/mol. The topological polar surface area (TPSA) is 90.0 Å². The molecule has 3 N–H and O–H groups in total. The predicted molar refractivity (Wildman–Crippen MR) is 112 cm³/mol. The maximum atomic E-state index is 13.0. The van der Waals surface area contributed by atoms with Gasteiger partial charge in [0, 0.05) is 18.5 Å². The Bertz CT molecular complexity index is 847. The molecule has 1 heterocycles. The molecule has 0 saturated carbocycles. The lowest BCUT2D eigenvalue weighted by Crippen LogP contribution is -2.52. The van der Waals surface area contributed by atoms with Gasteiger partial charge >= 0.3 is 0 Å². The van der Waals surface area contributed by atoms with E-state index >= 15 is 0 Å². The van der Waals surface area contributed by atoms with E-state index in [-0.39, 0.29) is 35.5 Å². The van der Waals surface area contributed by atoms with Gasteiger partial charge < -0.3 is 11.1 Å². The number of hydrogen-bond donors (Lipinski definition) is 2. The number of fused-ring (bicyclic) bond motifs is 1. The number of carbonyl (C=O) groups excluding carboxylic acids is 1. The van der Waals surface area contributed by atoms with E-state index in [0.717, 1.165) is 6.42 Å². The van der Waals surface area contributed by atoms with Gasteiger partial charge in [-0.1, -0.05) is 45.9 Å². The second kappa shape index (κ2) is 9.33. The second-order valence-electron chi connectivity index (χ2n) is 8.09. The number of rotatable bonds is 7. The maximum Gasteiger partial charge on any atom is 0.274 e. The van der Waals surface area contributed by atoms with Crippen molar-refractivity contribution in [3.63, 3.8) is 0 Å². The SMILES string of the molecule is CC(C)Cn1nc(C(=O)NC(C)(CN)CC(C)C)c2ccccc2c1=O.Cl. The number of nitrogens with zero attached hydrogens (tertiary/aromatic N) is 2. The Morgan fingerprint density at radius 3 is 2.30 bits per heavy atom. The van der Waals surface area contributed by atoms with Crippen LogP contribution in [-0.4, -0.2) is 27.8 Å². The Labute approximate surface area is 166 Å². The van der Waals surface area contributed by atoms with Gasteiger partial charge in [0.25, 0.3) is 11.5 Å². The lowest BCUT2D eigenvalue weighted by molar-refractivity contribution is 0.0892. The van der Waals surface area contributed by atoms with Gasteiger partial charge in [-0.15, -0.1) is 12.4 Å². The van der Waals surface area contributed by atoms with E-state index in [1.807, 2.05) is 26.8 Å². The van der Waals surface area contributed by atoms with Crippen molar-refractivity contribution < 1.29 is 4.79 Å². The zero-order valence-electron chi connectivity index (χ0n) is 16.8. The van der Waals surface area contributed by atoms with Crippen LogP contribution >= 0.6 is 12.4 Å². The summed E-state index contributed by atoms with van der Waals surface area (Å²) in [5, 5.41) is 8.51. The smallest absolute Gasteiger partial charge is 0.274 e. The van der Waals surface area contributed by atoms with Crippen LogP contribution in [0.15, 0.2) is 29.1 Å². The van der Waals surface area contributed by atoms with E-state index in [4.69, 9.17) is 5.73 Å². The second-order valence-corrected chi connectivity index (χ2v) is 8.09. The van der Waals surface area contributed by atoms with E-state index in [1.165, 1.54) is 4.68 Å². The van der Waals surface area contributed by atoms with Crippen LogP contribution in [0.1, 0.15) is 51.5 Å². The molecule has 6 nitrogen and oxygen atoms in total. The highest BCUT2D eigenvalue weighted by atomic mass is 35.5. The van der Waals surface area contributed by atoms with Gasteiger partial charge in [0.1, 0.15) is 0 Å². The minimum Gasteiger partial charge on any atom is -0.344 e. The Balaban J connectivity index is 0.00000364. The van der Waals surface area contributed by atoms with Gasteiger partial charge in [0.05, 0.1) is 10.9 Å². The van der Waals surface area contributed by atoms with Crippen molar-refractivity contribution in [2.75, 3.05) is 6.54 Å². The van der Waals surface area contributed by atoms with E-state index in [9.17, 15) is 9.59 Å². The molecule has 150 valence electrons. The van der Waals surface area contributed by atoms with Crippen LogP contribution < -0.4 is 16.6 Å². The number of nitrogens with one attached hydrogen (secondary N) is 1. The van der Waals surface area contributed by atoms with Crippen LogP contribution in [0.25, 0.3) is 10.8 Å². The third-order valence-corrected chi connectivity index (χ3v) is 4.35. The number of aromatic nitrogens is 2. The van der Waals surface area contributed by atoms with Gasteiger partial charge in [-0.25, -0.2) is 4.68 Å². The number of nitrogens with two attached hydrogens (primary N) is 1. The summed E-state index contributed by atoms with van der Waals surface area (Å²) in [5.41, 5.74) is 5.50. The Morgan fingerprint density at radius 1 is 1.19 bits per heavy atom. The maximum absolute atomic E-state index is 13.0. The highest BCUT2D eigenvalue weighted by Gasteiger charge is 2.28. The molecule has 1 atom stereocenters. The van der Waals surface area contributed by atoms with Gasteiger partial charge in [-0.2, -0.15) is 5.10 Å². The first-order valence-electron chi connectivity index (χ1n) is 9.19. The normalized spacial score (nSPS) is 13.5. The summed E-state index contributed by atoms with van der Waals surface area (Å²) in [6.07, 6.45) is 0.763. The van der Waals surface area contributed by atoms with E-state index in [0.29, 0.717) is 29.8 Å². The zero-order chi connectivity index (χ0) is 19.5. The largest absolute Gasteiger partial charge is 0.344 e. The molecular formula is C20H31ClN4O2. The minimum absolute atomic E-state index is 0. The molecule has 7 heteroatoms. The molecule has 0 aliphatic carbocycles. The molecule has 0 saturated heterocycles. The molecule has 1 amide bonds. The molecule has 0 aliphatic rings. The molecule has 1 unspecified atom stereocenters. The fourth-order valence-corrected chi connectivity index (χ4v) is 3.29. The fraction of sp³-hybridized carbons (Fsp3) is 0.550. The molecule has 0 fully saturated rings. The van der Waals surface area contributed by atoms with Crippen LogP contribution in [0.4, 0.5) is 0 Å². The number of amides is 1. The molecule has 0 aliphatic heterocycles. The van der Waals surface area contributed by atoms with Crippen LogP contribution in [-0.2, 0) is 6.54 Å². The Morgan fingerprint density at radius 2 is 1.78 bits per heavy atom. The average Bonchev–Trinajstić information content (AvgIpc) is 2.56. The molecular weight excluding hydrogens is 364 g/mol. The van der Waals surface area contributed by atoms with Crippen molar-refractivity contribution in [2.45, 2.75) is 53.1 Å². The minimum atomic E-state index is -0.521. The Kier molecular flexibility index (Phi) is 7.99. The lowest BCUT2D eigenvalue weighted by atomic mass is 9.90. The molecule has 1 aromatic heterocycles. The Hall–Kier alpha value is -1.92. The van der Waals surface area contributed by atoms with Crippen LogP contribution in [0, 0.1) is 11.8 Å². The third-order valence-electron chi connectivity index (χ3n) is 4.35. The van der Waals surface area contributed by atoms with Crippen LogP contribution in [0.5, 0.6) is 0 Å². The number of benzene rings is 1. The monoisotopic (exact) mass is 394 g/mol. The van der Waals surface area contributed by atoms with E-state index in [1.54, 1.807) is 18.2 Å². The number of halogens is 1. The number of carbonyl (C=O) groups is 1. The van der Waals surface area contributed by atoms with Crippen molar-refractivity contribution >= 4 is 29.1 Å². The summed E-state index contributed by atoms with van der Waals surface area (Å²) in [5.74, 6) is 0.336. The van der Waals surface area contributed by atoms with Gasteiger partial charge in [0.15, 0.2) is 5.69 Å². The molecule has 0 bridgehead atoms. The summed E-state index contributed by atoms with van der Waals surface area (Å²) in [7, 11) is 0. The molecule has 1 aromatic carbocycles. The third kappa shape index (κ3) is 5.53. The van der Waals surface area contributed by atoms with Crippen molar-refractivity contribution in [2.24, 2.45) is 17.6 Å². The molecule has 2 rings (SSSR count). The first kappa shape index (κ1) is 23.1. The van der Waals surface area contributed by atoms with Gasteiger partial charge in [-0.3, -0.25) is 9.59 Å². The predicted octanol–water partition coefficient (Wildman–Crippen LogP) is 2.97. The van der Waals surface area contributed by atoms with Crippen molar-refractivity contribution in [1.29, 1.82) is 0 Å². The van der Waals surface area contributed by atoms with Gasteiger partial charge in [0.2, 0.25) is 0 Å². The summed E-state index contributed by atoms with van der Waals surface area (Å²) in [6.45, 7) is 10.9. The van der Waals surface area contributed by atoms with Gasteiger partial charge in [-0.05, 0) is 31.2 Å². The molecule has 27 heavy (non-hydrogen) atoms. The highest BCUT2D eigenvalue weighted by molar-refractivity contribution is 6.05. The van der Waals surface area contributed by atoms with Crippen molar-refractivity contribution in [3.05, 3.63) is 40.3 Å². The highest BCUT2D eigenvalue weighted by Crippen LogP contribution is 2.18. The van der Waals surface area contributed by atoms with E-state index in [2.05, 4.69) is 24.3 Å². The fourth-order valence-electron chi connectivity index (χ4n) is 3.29. The molecule has 2 aromatic rings. The van der Waals surface area contributed by atoms with Crippen LogP contribution in [0.3, 0.4) is 0 Å². The van der Waals surface area contributed by atoms with Crippen LogP contribution in [0.2, 0.25) is 0 Å². The van der Waals surface area contributed by atoms with Crippen molar-refractivity contribution in [1.82, 2.24) is 15.1 Å². The summed E-state index contributed by atoms with van der Waals surface area (Å²) in [4.78, 5) is 25.7.